The standard InChI is InChI=1S/C14H24N4O3/c1-10(7-13(19)20)9-16-14(21)15-5-4-6-18-12(3)8-11(2)17-18/h8,10H,4-7,9H2,1-3H3,(H,19,20)(H2,15,16,21). The van der Waals surface area contributed by atoms with E-state index in [1.54, 1.807) is 6.92 Å². The molecule has 0 saturated heterocycles. The van der Waals surface area contributed by atoms with Gasteiger partial charge in [0.2, 0.25) is 0 Å². The largest absolute Gasteiger partial charge is 0.481 e. The second kappa shape index (κ2) is 8.28. The maximum Gasteiger partial charge on any atom is 0.314 e. The van der Waals surface area contributed by atoms with Crippen LogP contribution in [0.4, 0.5) is 4.79 Å². The zero-order valence-corrected chi connectivity index (χ0v) is 12.8. The number of carbonyl (C=O) groups excluding carboxylic acids is 1. The lowest BCUT2D eigenvalue weighted by Crippen LogP contribution is -2.38. The van der Waals surface area contributed by atoms with Crippen molar-refractivity contribution < 1.29 is 14.7 Å². The second-order valence-corrected chi connectivity index (χ2v) is 5.34. The fourth-order valence-corrected chi connectivity index (χ4v) is 2.03. The molecular formula is C14H24N4O3. The molecule has 7 heteroatoms. The van der Waals surface area contributed by atoms with Gasteiger partial charge in [-0.25, -0.2) is 4.79 Å². The van der Waals surface area contributed by atoms with E-state index in [0.717, 1.165) is 24.4 Å². The number of aromatic nitrogens is 2. The van der Waals surface area contributed by atoms with Gasteiger partial charge in [-0.15, -0.1) is 0 Å². The van der Waals surface area contributed by atoms with Gasteiger partial charge in [-0.3, -0.25) is 9.48 Å². The maximum absolute atomic E-state index is 11.5. The van der Waals surface area contributed by atoms with Crippen LogP contribution in [0.3, 0.4) is 0 Å². The van der Waals surface area contributed by atoms with E-state index in [4.69, 9.17) is 5.11 Å². The van der Waals surface area contributed by atoms with Crippen LogP contribution in [0.25, 0.3) is 0 Å². The average Bonchev–Trinajstić information content (AvgIpc) is 2.70. The summed E-state index contributed by atoms with van der Waals surface area (Å²) in [4.78, 5) is 22.0. The number of nitrogens with zero attached hydrogens (tertiary/aromatic N) is 2. The predicted octanol–water partition coefficient (Wildman–Crippen LogP) is 1.30. The Morgan fingerprint density at radius 2 is 2.10 bits per heavy atom. The van der Waals surface area contributed by atoms with Crippen LogP contribution in [0.15, 0.2) is 6.07 Å². The number of amides is 2. The number of carboxylic acids is 1. The van der Waals surface area contributed by atoms with E-state index in [1.165, 1.54) is 0 Å². The van der Waals surface area contributed by atoms with Gasteiger partial charge in [0.05, 0.1) is 5.69 Å². The first kappa shape index (κ1) is 17.0. The smallest absolute Gasteiger partial charge is 0.314 e. The number of carbonyl (C=O) groups is 2. The molecule has 0 aromatic carbocycles. The van der Waals surface area contributed by atoms with Crippen LogP contribution in [0.5, 0.6) is 0 Å². The monoisotopic (exact) mass is 296 g/mol. The molecule has 3 N–H and O–H groups in total. The van der Waals surface area contributed by atoms with Gasteiger partial charge < -0.3 is 15.7 Å². The van der Waals surface area contributed by atoms with E-state index >= 15 is 0 Å². The minimum atomic E-state index is -0.852. The van der Waals surface area contributed by atoms with Crippen LogP contribution in [0, 0.1) is 19.8 Å². The Labute approximate surface area is 124 Å². The zero-order valence-electron chi connectivity index (χ0n) is 12.8. The highest BCUT2D eigenvalue weighted by atomic mass is 16.4. The van der Waals surface area contributed by atoms with E-state index in [-0.39, 0.29) is 18.4 Å². The van der Waals surface area contributed by atoms with Crippen molar-refractivity contribution in [3.8, 4) is 0 Å². The number of nitrogens with one attached hydrogen (secondary N) is 2. The lowest BCUT2D eigenvalue weighted by Gasteiger charge is -2.11. The zero-order chi connectivity index (χ0) is 15.8. The molecular weight excluding hydrogens is 272 g/mol. The molecule has 0 saturated carbocycles. The lowest BCUT2D eigenvalue weighted by atomic mass is 10.1. The molecule has 0 aliphatic heterocycles. The molecule has 0 aliphatic rings. The number of urea groups is 1. The van der Waals surface area contributed by atoms with Gasteiger partial charge in [-0.2, -0.15) is 5.10 Å². The molecule has 0 bridgehead atoms. The summed E-state index contributed by atoms with van der Waals surface area (Å²) in [5.74, 6) is -0.933. The van der Waals surface area contributed by atoms with Crippen molar-refractivity contribution in [2.24, 2.45) is 5.92 Å². The molecule has 7 nitrogen and oxygen atoms in total. The van der Waals surface area contributed by atoms with Crippen molar-refractivity contribution in [2.75, 3.05) is 13.1 Å². The molecule has 1 unspecified atom stereocenters. The van der Waals surface area contributed by atoms with Gasteiger partial charge in [0.15, 0.2) is 0 Å². The Kier molecular flexibility index (Phi) is 6.71. The summed E-state index contributed by atoms with van der Waals surface area (Å²) in [6.07, 6.45) is 0.846. The minimum absolute atomic E-state index is 0.0538. The molecule has 1 heterocycles. The molecule has 0 fully saturated rings. The molecule has 118 valence electrons. The summed E-state index contributed by atoms with van der Waals surface area (Å²) in [6.45, 7) is 7.41. The van der Waals surface area contributed by atoms with Gasteiger partial charge in [0.1, 0.15) is 0 Å². The minimum Gasteiger partial charge on any atom is -0.481 e. The molecule has 1 atom stereocenters. The third-order valence-electron chi connectivity index (χ3n) is 3.07. The van der Waals surface area contributed by atoms with Crippen molar-refractivity contribution in [1.29, 1.82) is 0 Å². The third-order valence-corrected chi connectivity index (χ3v) is 3.07. The van der Waals surface area contributed by atoms with Crippen molar-refractivity contribution in [3.05, 3.63) is 17.5 Å². The highest BCUT2D eigenvalue weighted by Gasteiger charge is 2.09. The van der Waals surface area contributed by atoms with Crippen LogP contribution in [0.2, 0.25) is 0 Å². The van der Waals surface area contributed by atoms with Crippen molar-refractivity contribution in [2.45, 2.75) is 40.2 Å². The van der Waals surface area contributed by atoms with E-state index in [0.29, 0.717) is 13.1 Å². The summed E-state index contributed by atoms with van der Waals surface area (Å²) in [6, 6.07) is 1.75. The Morgan fingerprint density at radius 1 is 1.38 bits per heavy atom. The molecule has 1 rings (SSSR count). The number of rotatable bonds is 8. The highest BCUT2D eigenvalue weighted by molar-refractivity contribution is 5.73. The summed E-state index contributed by atoms with van der Waals surface area (Å²) in [7, 11) is 0. The van der Waals surface area contributed by atoms with Crippen LogP contribution >= 0.6 is 0 Å². The van der Waals surface area contributed by atoms with Crippen molar-refractivity contribution in [1.82, 2.24) is 20.4 Å². The number of aryl methyl sites for hydroxylation is 3. The maximum atomic E-state index is 11.5. The number of carboxylic acid groups (broad SMARTS) is 1. The predicted molar refractivity (Wildman–Crippen MR) is 79.1 cm³/mol. The SMILES string of the molecule is Cc1cc(C)n(CCCNC(=O)NCC(C)CC(=O)O)n1. The van der Waals surface area contributed by atoms with E-state index in [2.05, 4.69) is 15.7 Å². The van der Waals surface area contributed by atoms with Gasteiger partial charge in [-0.1, -0.05) is 6.92 Å². The first-order chi connectivity index (χ1) is 9.88. The molecule has 0 radical (unpaired) electrons. The average molecular weight is 296 g/mol. The Balaban J connectivity index is 2.13. The second-order valence-electron chi connectivity index (χ2n) is 5.34. The first-order valence-electron chi connectivity index (χ1n) is 7.13. The molecule has 0 aliphatic carbocycles. The van der Waals surface area contributed by atoms with Crippen LogP contribution in [-0.4, -0.2) is 40.0 Å². The Morgan fingerprint density at radius 3 is 2.67 bits per heavy atom. The van der Waals surface area contributed by atoms with Gasteiger partial charge in [0, 0.05) is 31.7 Å². The molecule has 0 spiro atoms. The first-order valence-corrected chi connectivity index (χ1v) is 7.13. The van der Waals surface area contributed by atoms with E-state index < -0.39 is 5.97 Å². The molecule has 1 aromatic heterocycles. The van der Waals surface area contributed by atoms with Gasteiger partial charge in [-0.05, 0) is 32.3 Å². The van der Waals surface area contributed by atoms with Crippen LogP contribution in [0.1, 0.15) is 31.2 Å². The highest BCUT2D eigenvalue weighted by Crippen LogP contribution is 2.02. The Hall–Kier alpha value is -2.05. The fourth-order valence-electron chi connectivity index (χ4n) is 2.03. The van der Waals surface area contributed by atoms with Crippen molar-refractivity contribution in [3.63, 3.8) is 0 Å². The number of hydrogen-bond acceptors (Lipinski definition) is 3. The summed E-state index contributed by atoms with van der Waals surface area (Å²) < 4.78 is 1.92. The van der Waals surface area contributed by atoms with Crippen LogP contribution in [-0.2, 0) is 11.3 Å². The quantitative estimate of drug-likeness (QED) is 0.630. The molecule has 1 aromatic rings. The summed E-state index contributed by atoms with van der Waals surface area (Å²) in [5, 5.41) is 18.4. The fraction of sp³-hybridized carbons (Fsp3) is 0.643. The summed E-state index contributed by atoms with van der Waals surface area (Å²) >= 11 is 0. The van der Waals surface area contributed by atoms with E-state index in [1.807, 2.05) is 24.6 Å². The van der Waals surface area contributed by atoms with E-state index in [9.17, 15) is 9.59 Å². The normalized spacial score (nSPS) is 12.0. The van der Waals surface area contributed by atoms with Gasteiger partial charge in [0.25, 0.3) is 0 Å². The third kappa shape index (κ3) is 6.78. The summed E-state index contributed by atoms with van der Waals surface area (Å²) in [5.41, 5.74) is 2.10. The van der Waals surface area contributed by atoms with Crippen LogP contribution < -0.4 is 10.6 Å². The number of aliphatic carboxylic acids is 1. The molecule has 2 amide bonds. The molecule has 21 heavy (non-hydrogen) atoms. The number of hydrogen-bond donors (Lipinski definition) is 3. The Bertz CT molecular complexity index is 485. The van der Waals surface area contributed by atoms with Crippen molar-refractivity contribution >= 4 is 12.0 Å². The lowest BCUT2D eigenvalue weighted by molar-refractivity contribution is -0.137. The topological polar surface area (TPSA) is 96.2 Å². The van der Waals surface area contributed by atoms with Gasteiger partial charge >= 0.3 is 12.0 Å².